The van der Waals surface area contributed by atoms with Crippen LogP contribution in [0, 0.1) is 0 Å². The third-order valence-corrected chi connectivity index (χ3v) is 3.88. The SMILES string of the molecule is O=C(CC1CCCO1)c1cc(Cl)sc1Cl. The van der Waals surface area contributed by atoms with Crippen LogP contribution in [0.5, 0.6) is 0 Å². The van der Waals surface area contributed by atoms with E-state index in [2.05, 4.69) is 0 Å². The molecule has 0 aromatic carbocycles. The van der Waals surface area contributed by atoms with Crippen LogP contribution in [0.15, 0.2) is 6.07 Å². The van der Waals surface area contributed by atoms with Crippen molar-refractivity contribution in [3.63, 3.8) is 0 Å². The van der Waals surface area contributed by atoms with Crippen LogP contribution in [-0.4, -0.2) is 18.5 Å². The number of ether oxygens (including phenoxy) is 1. The summed E-state index contributed by atoms with van der Waals surface area (Å²) in [5.74, 6) is 0.0232. The summed E-state index contributed by atoms with van der Waals surface area (Å²) in [5.41, 5.74) is 0.530. The van der Waals surface area contributed by atoms with E-state index in [9.17, 15) is 4.79 Å². The van der Waals surface area contributed by atoms with Crippen molar-refractivity contribution in [2.24, 2.45) is 0 Å². The van der Waals surface area contributed by atoms with Gasteiger partial charge in [0.15, 0.2) is 5.78 Å². The number of halogens is 2. The van der Waals surface area contributed by atoms with E-state index in [0.717, 1.165) is 19.4 Å². The molecule has 2 heterocycles. The average Bonchev–Trinajstić information content (AvgIpc) is 2.75. The number of carbonyl (C=O) groups excluding carboxylic acids is 1. The highest BCUT2D eigenvalue weighted by Crippen LogP contribution is 2.32. The van der Waals surface area contributed by atoms with Gasteiger partial charge in [0.25, 0.3) is 0 Å². The Morgan fingerprint density at radius 2 is 2.40 bits per heavy atom. The van der Waals surface area contributed by atoms with Crippen molar-refractivity contribution in [1.29, 1.82) is 0 Å². The summed E-state index contributed by atoms with van der Waals surface area (Å²) in [6.45, 7) is 0.760. The van der Waals surface area contributed by atoms with Crippen LogP contribution >= 0.6 is 34.5 Å². The zero-order valence-corrected chi connectivity index (χ0v) is 10.3. The molecule has 2 nitrogen and oxygen atoms in total. The van der Waals surface area contributed by atoms with E-state index < -0.39 is 0 Å². The van der Waals surface area contributed by atoms with Crippen molar-refractivity contribution in [2.45, 2.75) is 25.4 Å². The molecule has 0 aliphatic carbocycles. The van der Waals surface area contributed by atoms with Crippen LogP contribution in [-0.2, 0) is 4.74 Å². The summed E-state index contributed by atoms with van der Waals surface area (Å²) < 4.78 is 6.42. The molecule has 0 saturated carbocycles. The maximum Gasteiger partial charge on any atom is 0.167 e. The molecule has 1 unspecified atom stereocenters. The molecule has 1 aliphatic rings. The van der Waals surface area contributed by atoms with E-state index in [1.54, 1.807) is 6.07 Å². The van der Waals surface area contributed by atoms with Gasteiger partial charge in [-0.1, -0.05) is 23.2 Å². The fourth-order valence-corrected chi connectivity index (χ4v) is 3.15. The van der Waals surface area contributed by atoms with Crippen LogP contribution in [0.1, 0.15) is 29.6 Å². The monoisotopic (exact) mass is 264 g/mol. The summed E-state index contributed by atoms with van der Waals surface area (Å²) in [6, 6.07) is 1.63. The molecule has 5 heteroatoms. The highest BCUT2D eigenvalue weighted by molar-refractivity contribution is 7.20. The molecule has 0 N–H and O–H groups in total. The van der Waals surface area contributed by atoms with Crippen LogP contribution in [0.25, 0.3) is 0 Å². The first-order chi connectivity index (χ1) is 7.16. The van der Waals surface area contributed by atoms with Gasteiger partial charge in [-0.3, -0.25) is 4.79 Å². The van der Waals surface area contributed by atoms with Gasteiger partial charge < -0.3 is 4.74 Å². The lowest BCUT2D eigenvalue weighted by atomic mass is 10.1. The summed E-state index contributed by atoms with van der Waals surface area (Å²) in [6.07, 6.45) is 2.47. The average molecular weight is 265 g/mol. The van der Waals surface area contributed by atoms with Crippen molar-refractivity contribution < 1.29 is 9.53 Å². The van der Waals surface area contributed by atoms with Gasteiger partial charge in [-0.2, -0.15) is 0 Å². The predicted octanol–water partition coefficient (Wildman–Crippen LogP) is 3.81. The van der Waals surface area contributed by atoms with E-state index in [1.165, 1.54) is 11.3 Å². The lowest BCUT2D eigenvalue weighted by Gasteiger charge is -2.06. The number of hydrogen-bond donors (Lipinski definition) is 0. The van der Waals surface area contributed by atoms with Gasteiger partial charge in [0.05, 0.1) is 10.4 Å². The molecule has 1 aromatic heterocycles. The molecule has 2 rings (SSSR count). The first-order valence-electron chi connectivity index (χ1n) is 4.76. The Bertz CT molecular complexity index is 369. The molecule has 82 valence electrons. The van der Waals surface area contributed by atoms with Gasteiger partial charge in [0.2, 0.25) is 0 Å². The Hall–Kier alpha value is -0.0900. The fourth-order valence-electron chi connectivity index (χ4n) is 1.65. The molecule has 1 fully saturated rings. The van der Waals surface area contributed by atoms with Crippen molar-refractivity contribution in [3.8, 4) is 0 Å². The maximum atomic E-state index is 11.8. The second kappa shape index (κ2) is 4.83. The minimum atomic E-state index is 0.0232. The molecule has 0 radical (unpaired) electrons. The molecule has 1 aromatic rings. The molecule has 1 aliphatic heterocycles. The topological polar surface area (TPSA) is 26.3 Å². The van der Waals surface area contributed by atoms with Crippen LogP contribution in [0.2, 0.25) is 8.67 Å². The Kier molecular flexibility index (Phi) is 3.67. The van der Waals surface area contributed by atoms with Gasteiger partial charge in [-0.05, 0) is 18.9 Å². The van der Waals surface area contributed by atoms with E-state index >= 15 is 0 Å². The summed E-state index contributed by atoms with van der Waals surface area (Å²) >= 11 is 12.9. The first kappa shape index (κ1) is 11.4. The van der Waals surface area contributed by atoms with Gasteiger partial charge in [-0.25, -0.2) is 0 Å². The highest BCUT2D eigenvalue weighted by Gasteiger charge is 2.22. The third kappa shape index (κ3) is 2.72. The van der Waals surface area contributed by atoms with Crippen molar-refractivity contribution in [3.05, 3.63) is 20.3 Å². The van der Waals surface area contributed by atoms with E-state index in [1.807, 2.05) is 0 Å². The number of carbonyl (C=O) groups is 1. The van der Waals surface area contributed by atoms with E-state index in [0.29, 0.717) is 20.7 Å². The predicted molar refractivity (Wildman–Crippen MR) is 62.3 cm³/mol. The summed E-state index contributed by atoms with van der Waals surface area (Å²) in [7, 11) is 0. The third-order valence-electron chi connectivity index (χ3n) is 2.39. The second-order valence-electron chi connectivity index (χ2n) is 3.50. The first-order valence-corrected chi connectivity index (χ1v) is 6.33. The van der Waals surface area contributed by atoms with Gasteiger partial charge in [0, 0.05) is 18.6 Å². The second-order valence-corrected chi connectivity index (χ2v) is 5.79. The number of ketones is 1. The van der Waals surface area contributed by atoms with Gasteiger partial charge in [-0.15, -0.1) is 11.3 Å². The Labute approximate surface area is 102 Å². The standard InChI is InChI=1S/C10H10Cl2O2S/c11-9-5-7(10(12)15-9)8(13)4-6-2-1-3-14-6/h5-6H,1-4H2. The minimum absolute atomic E-state index is 0.0232. The highest BCUT2D eigenvalue weighted by atomic mass is 35.5. The van der Waals surface area contributed by atoms with Gasteiger partial charge >= 0.3 is 0 Å². The minimum Gasteiger partial charge on any atom is -0.378 e. The lowest BCUT2D eigenvalue weighted by Crippen LogP contribution is -2.12. The fraction of sp³-hybridized carbons (Fsp3) is 0.500. The lowest BCUT2D eigenvalue weighted by molar-refractivity contribution is 0.0776. The normalized spacial score (nSPS) is 20.8. The zero-order valence-electron chi connectivity index (χ0n) is 7.96. The molecule has 15 heavy (non-hydrogen) atoms. The number of thiophene rings is 1. The van der Waals surface area contributed by atoms with Crippen molar-refractivity contribution in [1.82, 2.24) is 0 Å². The maximum absolute atomic E-state index is 11.8. The van der Waals surface area contributed by atoms with Crippen LogP contribution in [0.4, 0.5) is 0 Å². The number of Topliss-reactive ketones (excluding diaryl/α,β-unsaturated/α-hetero) is 1. The number of hydrogen-bond acceptors (Lipinski definition) is 3. The molecule has 1 saturated heterocycles. The molecule has 0 bridgehead atoms. The molecule has 1 atom stereocenters. The van der Waals surface area contributed by atoms with E-state index in [4.69, 9.17) is 27.9 Å². The Balaban J connectivity index is 2.03. The van der Waals surface area contributed by atoms with Crippen molar-refractivity contribution in [2.75, 3.05) is 6.61 Å². The Morgan fingerprint density at radius 1 is 1.60 bits per heavy atom. The smallest absolute Gasteiger partial charge is 0.167 e. The van der Waals surface area contributed by atoms with Gasteiger partial charge in [0.1, 0.15) is 4.34 Å². The number of rotatable bonds is 3. The quantitative estimate of drug-likeness (QED) is 0.777. The van der Waals surface area contributed by atoms with Crippen LogP contribution < -0.4 is 0 Å². The van der Waals surface area contributed by atoms with Crippen LogP contribution in [0.3, 0.4) is 0 Å². The van der Waals surface area contributed by atoms with E-state index in [-0.39, 0.29) is 11.9 Å². The summed E-state index contributed by atoms with van der Waals surface area (Å²) in [4.78, 5) is 11.8. The molecule has 0 spiro atoms. The van der Waals surface area contributed by atoms with Crippen molar-refractivity contribution >= 4 is 40.3 Å². The largest absolute Gasteiger partial charge is 0.378 e. The molecular weight excluding hydrogens is 255 g/mol. The molecular formula is C10H10Cl2O2S. The zero-order chi connectivity index (χ0) is 10.8. The summed E-state index contributed by atoms with van der Waals surface area (Å²) in [5, 5.41) is 0. The molecule has 0 amide bonds. The Morgan fingerprint density at radius 3 is 2.93 bits per heavy atom.